The number of aliphatic hydroxyl groups excluding tert-OH is 1. The predicted molar refractivity (Wildman–Crippen MR) is 160 cm³/mol. The Morgan fingerprint density at radius 2 is 1.95 bits per heavy atom. The van der Waals surface area contributed by atoms with Crippen LogP contribution in [-0.2, 0) is 26.6 Å². The molecule has 40 heavy (non-hydrogen) atoms. The summed E-state index contributed by atoms with van der Waals surface area (Å²) in [5, 5.41) is 11.7. The maximum Gasteiger partial charge on any atom is 0.254 e. The van der Waals surface area contributed by atoms with E-state index in [2.05, 4.69) is 28.3 Å². The van der Waals surface area contributed by atoms with Crippen LogP contribution in [-0.4, -0.2) is 42.1 Å². The lowest BCUT2D eigenvalue weighted by atomic mass is 9.68. The molecule has 2 aliphatic carbocycles. The van der Waals surface area contributed by atoms with Gasteiger partial charge in [-0.1, -0.05) is 55.5 Å². The van der Waals surface area contributed by atoms with Gasteiger partial charge in [0.15, 0.2) is 0 Å². The first-order valence-corrected chi connectivity index (χ1v) is 16.4. The number of hydrogen-bond acceptors (Lipinski definition) is 6. The minimum atomic E-state index is -1.62. The highest BCUT2D eigenvalue weighted by molar-refractivity contribution is 7.75. The van der Waals surface area contributed by atoms with Gasteiger partial charge in [-0.3, -0.25) is 4.79 Å². The van der Waals surface area contributed by atoms with Crippen molar-refractivity contribution in [2.75, 3.05) is 24.6 Å². The maximum atomic E-state index is 13.2. The van der Waals surface area contributed by atoms with Crippen LogP contribution >= 0.6 is 11.6 Å². The zero-order valence-corrected chi connectivity index (χ0v) is 25.1. The van der Waals surface area contributed by atoms with Gasteiger partial charge in [0.2, 0.25) is 0 Å². The molecule has 6 nitrogen and oxygen atoms in total. The summed E-state index contributed by atoms with van der Waals surface area (Å²) >= 11 is 6.39. The Bertz CT molecular complexity index is 1370. The highest BCUT2D eigenvalue weighted by Gasteiger charge is 2.44. The molecule has 216 valence electrons. The van der Waals surface area contributed by atoms with Gasteiger partial charge in [0.1, 0.15) is 5.75 Å². The van der Waals surface area contributed by atoms with Gasteiger partial charge in [-0.05, 0) is 91.8 Å². The number of halogens is 1. The zero-order valence-electron chi connectivity index (χ0n) is 23.5. The third-order valence-corrected chi connectivity index (χ3v) is 11.8. The summed E-state index contributed by atoms with van der Waals surface area (Å²) in [6.45, 7) is 6.09. The van der Waals surface area contributed by atoms with Crippen molar-refractivity contribution >= 4 is 33.8 Å². The predicted octanol–water partition coefficient (Wildman–Crippen LogP) is 6.70. The molecule has 2 bridgehead atoms. The van der Waals surface area contributed by atoms with Crippen LogP contribution in [0.5, 0.6) is 5.75 Å². The highest BCUT2D eigenvalue weighted by atomic mass is 35.5. The van der Waals surface area contributed by atoms with E-state index >= 15 is 0 Å². The fraction of sp³-hybridized carbons (Fsp3) is 0.594. The quantitative estimate of drug-likeness (QED) is 0.349. The highest BCUT2D eigenvalue weighted by Crippen LogP contribution is 2.47. The van der Waals surface area contributed by atoms with E-state index in [1.54, 1.807) is 6.07 Å². The number of nitrogens with zero attached hydrogens (tertiary/aromatic N) is 2. The van der Waals surface area contributed by atoms with E-state index in [1.165, 1.54) is 11.1 Å². The molecule has 0 aromatic heterocycles. The number of aliphatic hydroxyl groups is 1. The van der Waals surface area contributed by atoms with Crippen molar-refractivity contribution in [2.24, 2.45) is 22.1 Å². The van der Waals surface area contributed by atoms with E-state index in [4.69, 9.17) is 16.3 Å². The normalized spacial score (nSPS) is 33.1. The van der Waals surface area contributed by atoms with Gasteiger partial charge in [0.25, 0.3) is 5.91 Å². The van der Waals surface area contributed by atoms with Gasteiger partial charge in [-0.15, -0.1) is 0 Å². The lowest BCUT2D eigenvalue weighted by molar-refractivity contribution is 0.00858. The van der Waals surface area contributed by atoms with Gasteiger partial charge in [-0.2, -0.15) is 10.6 Å². The van der Waals surface area contributed by atoms with Crippen LogP contribution in [0.25, 0.3) is 0 Å². The number of aryl methyl sites for hydroxylation is 1. The molecule has 1 saturated carbocycles. The molecule has 2 heterocycles. The van der Waals surface area contributed by atoms with Crippen LogP contribution < -0.4 is 9.64 Å². The Labute approximate surface area is 244 Å². The van der Waals surface area contributed by atoms with Gasteiger partial charge < -0.3 is 23.3 Å². The summed E-state index contributed by atoms with van der Waals surface area (Å²) in [7, 11) is -1.62. The monoisotopic (exact) mass is 583 g/mol. The topological polar surface area (TPSA) is 79.2 Å². The molecule has 4 aliphatic rings. The molecule has 0 radical (unpaired) electrons. The third kappa shape index (κ3) is 5.30. The van der Waals surface area contributed by atoms with Gasteiger partial charge >= 0.3 is 0 Å². The summed E-state index contributed by atoms with van der Waals surface area (Å²) in [4.78, 5) is 15.6. The number of carbonyl (C=O) groups excluding carboxylic acids is 1. The van der Waals surface area contributed by atoms with Crippen LogP contribution in [0, 0.1) is 17.8 Å². The van der Waals surface area contributed by atoms with Crippen LogP contribution in [0.1, 0.15) is 80.3 Å². The average Bonchev–Trinajstić information content (AvgIpc) is 3.07. The molecule has 6 atom stereocenters. The standard InChI is InChI=1S/C32H40ClN2O4S/c1-20-5-3-7-29(36)26-11-8-24(26)17-35-18-32(14-4-6-22-15-25(33)10-12-27(22)32)19-39-30-13-9-23(16-28(30)35)31(37)34-40(38)21(20)2/h9-10,12-13,15-16,20-21,24,26,29,36H,3-8,11,14,17-19H2,1-2H3/q-1. The van der Waals surface area contributed by atoms with E-state index in [0.717, 1.165) is 80.9 Å². The summed E-state index contributed by atoms with van der Waals surface area (Å²) < 4.78 is 23.7. The van der Waals surface area contributed by atoms with E-state index in [-0.39, 0.29) is 28.6 Å². The van der Waals surface area contributed by atoms with Crippen LogP contribution in [0.3, 0.4) is 0 Å². The number of benzene rings is 2. The van der Waals surface area contributed by atoms with Crippen molar-refractivity contribution < 1.29 is 18.8 Å². The Morgan fingerprint density at radius 3 is 2.75 bits per heavy atom. The number of ether oxygens (including phenoxy) is 1. The van der Waals surface area contributed by atoms with Crippen molar-refractivity contribution in [3.63, 3.8) is 0 Å². The second-order valence-corrected chi connectivity index (χ2v) is 14.6. The molecule has 1 amide bonds. The van der Waals surface area contributed by atoms with Crippen molar-refractivity contribution in [3.05, 3.63) is 58.1 Å². The molecule has 2 aromatic rings. The summed E-state index contributed by atoms with van der Waals surface area (Å²) in [6, 6.07) is 11.8. The molecule has 8 heteroatoms. The molecule has 1 fully saturated rings. The summed E-state index contributed by atoms with van der Waals surface area (Å²) in [5.74, 6) is 1.12. The fourth-order valence-electron chi connectivity index (χ4n) is 7.37. The fourth-order valence-corrected chi connectivity index (χ4v) is 8.54. The number of hydrogen-bond donors (Lipinski definition) is 1. The molecule has 1 N–H and O–H groups in total. The molecular weight excluding hydrogens is 544 g/mol. The van der Waals surface area contributed by atoms with Gasteiger partial charge in [0, 0.05) is 29.1 Å². The molecule has 0 saturated heterocycles. The Hall–Kier alpha value is -2.09. The second kappa shape index (κ2) is 11.3. The van der Waals surface area contributed by atoms with E-state index in [9.17, 15) is 14.1 Å². The molecule has 6 unspecified atom stereocenters. The van der Waals surface area contributed by atoms with Crippen LogP contribution in [0.4, 0.5) is 5.69 Å². The van der Waals surface area contributed by atoms with Crippen molar-refractivity contribution in [1.82, 2.24) is 0 Å². The lowest BCUT2D eigenvalue weighted by Gasteiger charge is -2.46. The van der Waals surface area contributed by atoms with Crippen molar-refractivity contribution in [2.45, 2.75) is 82.0 Å². The maximum absolute atomic E-state index is 13.2. The second-order valence-electron chi connectivity index (χ2n) is 12.6. The molecular formula is C32H40ClN2O4S-. The average molecular weight is 584 g/mol. The Kier molecular flexibility index (Phi) is 7.92. The third-order valence-electron chi connectivity index (χ3n) is 10.2. The minimum Gasteiger partial charge on any atom is -0.490 e. The van der Waals surface area contributed by atoms with E-state index in [1.807, 2.05) is 25.1 Å². The number of rotatable bonds is 0. The zero-order chi connectivity index (χ0) is 28.0. The number of fused-ring (bicyclic) bond motifs is 4. The minimum absolute atomic E-state index is 0.148. The van der Waals surface area contributed by atoms with Crippen molar-refractivity contribution in [3.8, 4) is 5.75 Å². The van der Waals surface area contributed by atoms with Gasteiger partial charge in [-0.25, -0.2) is 0 Å². The molecule has 2 aromatic carbocycles. The smallest absolute Gasteiger partial charge is 0.254 e. The first-order chi connectivity index (χ1) is 19.2. The van der Waals surface area contributed by atoms with Gasteiger partial charge in [0.05, 0.1) is 18.4 Å². The SMILES string of the molecule is CC1CCCC(O)C2CCC2CN2CC3(CCCc4cc(Cl)ccc43)COc3ccc(cc32)C(=O)N=[S-](=O)C1C. The number of carbonyl (C=O) groups is 1. The first-order valence-electron chi connectivity index (χ1n) is 14.9. The van der Waals surface area contributed by atoms with Crippen LogP contribution in [0.2, 0.25) is 5.02 Å². The Balaban J connectivity index is 1.42. The van der Waals surface area contributed by atoms with Crippen molar-refractivity contribution in [1.29, 1.82) is 0 Å². The number of anilines is 1. The summed E-state index contributed by atoms with van der Waals surface area (Å²) in [6.07, 6.45) is 7.39. The first kappa shape index (κ1) is 28.0. The largest absolute Gasteiger partial charge is 0.490 e. The molecule has 1 spiro atoms. The summed E-state index contributed by atoms with van der Waals surface area (Å²) in [5.41, 5.74) is 3.72. The van der Waals surface area contributed by atoms with Crippen LogP contribution in [0.15, 0.2) is 40.8 Å². The lowest BCUT2D eigenvalue weighted by Crippen LogP contribution is -2.49. The molecule has 2 aliphatic heterocycles. The number of amides is 1. The van der Waals surface area contributed by atoms with E-state index in [0.29, 0.717) is 18.1 Å². The molecule has 6 rings (SSSR count). The van der Waals surface area contributed by atoms with E-state index < -0.39 is 16.5 Å². The Morgan fingerprint density at radius 1 is 1.10 bits per heavy atom.